The summed E-state index contributed by atoms with van der Waals surface area (Å²) in [5.41, 5.74) is 1.41. The maximum Gasteiger partial charge on any atom is 0.165 e. The molecule has 5 rings (SSSR count). The molecule has 0 spiro atoms. The lowest BCUT2D eigenvalue weighted by molar-refractivity contribution is 0.353. The van der Waals surface area contributed by atoms with Crippen LogP contribution in [0.25, 0.3) is 0 Å². The van der Waals surface area contributed by atoms with Crippen LogP contribution in [0, 0.1) is 52.2 Å². The molecule has 0 amide bonds. The lowest BCUT2D eigenvalue weighted by atomic mass is 9.73. The Kier molecular flexibility index (Phi) is 8.26. The monoisotopic (exact) mass is 555 g/mol. The molecule has 0 heterocycles. The van der Waals surface area contributed by atoms with Crippen molar-refractivity contribution in [3.8, 4) is 6.07 Å². The number of rotatable bonds is 6. The van der Waals surface area contributed by atoms with E-state index in [0.717, 1.165) is 24.1 Å². The normalized spacial score (nSPS) is 20.7. The van der Waals surface area contributed by atoms with Crippen LogP contribution < -0.4 is 0 Å². The topological polar surface area (TPSA) is 23.8 Å². The van der Waals surface area contributed by atoms with E-state index in [4.69, 9.17) is 5.26 Å². The highest BCUT2D eigenvalue weighted by Crippen LogP contribution is 2.45. The van der Waals surface area contributed by atoms with Crippen LogP contribution in [0.2, 0.25) is 0 Å². The van der Waals surface area contributed by atoms with Crippen molar-refractivity contribution in [2.75, 3.05) is 0 Å². The molecule has 1 fully saturated rings. The second-order valence-electron chi connectivity index (χ2n) is 11.3. The van der Waals surface area contributed by atoms with E-state index in [2.05, 4.69) is 0 Å². The van der Waals surface area contributed by atoms with Crippen LogP contribution in [0.5, 0.6) is 0 Å². The molecule has 1 nitrogen and oxygen atoms in total. The predicted octanol–water partition coefficient (Wildman–Crippen LogP) is 9.13. The molecule has 0 saturated heterocycles. The molecule has 0 aliphatic heterocycles. The van der Waals surface area contributed by atoms with Gasteiger partial charge in [-0.15, -0.1) is 0 Å². The summed E-state index contributed by atoms with van der Waals surface area (Å²) in [6, 6.07) is 9.01. The maximum atomic E-state index is 15.7. The molecule has 40 heavy (non-hydrogen) atoms. The second kappa shape index (κ2) is 11.7. The zero-order chi connectivity index (χ0) is 28.6. The standard InChI is InChI=1S/C33H31F6N/c1-2-18-3-6-21(27(34)14-18)7-4-19-5-12-24-25(13-19)32(38)33(39)30(31(24)37)22-10-8-20(9-11-22)23-15-28(35)26(17-40)29(36)16-23/h3,6,14-16,19-20,22H,2,4-5,7-13H2,1H3. The fraction of sp³-hybridized carbons (Fsp3) is 0.424. The maximum absolute atomic E-state index is 15.7. The number of nitrogens with zero attached hydrogens (tertiary/aromatic N) is 1. The van der Waals surface area contributed by atoms with Crippen LogP contribution >= 0.6 is 0 Å². The Morgan fingerprint density at radius 1 is 0.775 bits per heavy atom. The molecule has 2 aliphatic carbocycles. The van der Waals surface area contributed by atoms with Crippen molar-refractivity contribution in [2.24, 2.45) is 5.92 Å². The minimum Gasteiger partial charge on any atom is -0.207 e. The second-order valence-corrected chi connectivity index (χ2v) is 11.3. The van der Waals surface area contributed by atoms with Crippen molar-refractivity contribution in [1.29, 1.82) is 5.26 Å². The average molecular weight is 556 g/mol. The smallest absolute Gasteiger partial charge is 0.165 e. The zero-order valence-corrected chi connectivity index (χ0v) is 22.4. The SMILES string of the molecule is CCc1ccc(CCC2CCc3c(F)c(C4CCC(c5cc(F)c(C#N)c(F)c5)CC4)c(F)c(F)c3C2)c(F)c1. The number of benzene rings is 3. The third kappa shape index (κ3) is 5.38. The highest BCUT2D eigenvalue weighted by molar-refractivity contribution is 5.41. The summed E-state index contributed by atoms with van der Waals surface area (Å²) >= 11 is 0. The lowest BCUT2D eigenvalue weighted by Crippen LogP contribution is -2.23. The Labute approximate surface area is 230 Å². The van der Waals surface area contributed by atoms with Crippen LogP contribution in [0.1, 0.15) is 96.2 Å². The quantitative estimate of drug-likeness (QED) is 0.220. The van der Waals surface area contributed by atoms with Crippen LogP contribution in [0.15, 0.2) is 30.3 Å². The van der Waals surface area contributed by atoms with Crippen molar-refractivity contribution in [1.82, 2.24) is 0 Å². The Hall–Kier alpha value is -3.27. The van der Waals surface area contributed by atoms with E-state index in [0.29, 0.717) is 62.5 Å². The summed E-state index contributed by atoms with van der Waals surface area (Å²) in [7, 11) is 0. The van der Waals surface area contributed by atoms with Crippen molar-refractivity contribution in [2.45, 2.75) is 83.0 Å². The first-order valence-corrected chi connectivity index (χ1v) is 14.1. The van der Waals surface area contributed by atoms with Gasteiger partial charge in [0.05, 0.1) is 0 Å². The number of fused-ring (bicyclic) bond motifs is 1. The van der Waals surface area contributed by atoms with E-state index in [-0.39, 0.29) is 40.8 Å². The fourth-order valence-electron chi connectivity index (χ4n) is 6.62. The Bertz CT molecular complexity index is 1440. The largest absolute Gasteiger partial charge is 0.207 e. The van der Waals surface area contributed by atoms with E-state index in [1.165, 1.54) is 12.1 Å². The Balaban J connectivity index is 1.29. The minimum absolute atomic E-state index is 0.000512. The number of aryl methyl sites for hydroxylation is 2. The lowest BCUT2D eigenvalue weighted by Gasteiger charge is -2.32. The van der Waals surface area contributed by atoms with Gasteiger partial charge in [0.15, 0.2) is 11.6 Å². The van der Waals surface area contributed by atoms with Gasteiger partial charge in [0.1, 0.15) is 34.9 Å². The number of hydrogen-bond donors (Lipinski definition) is 0. The van der Waals surface area contributed by atoms with E-state index in [9.17, 15) is 13.2 Å². The molecule has 0 radical (unpaired) electrons. The van der Waals surface area contributed by atoms with E-state index < -0.39 is 40.6 Å². The van der Waals surface area contributed by atoms with E-state index in [1.54, 1.807) is 6.07 Å². The molecule has 210 valence electrons. The van der Waals surface area contributed by atoms with Gasteiger partial charge in [0.2, 0.25) is 0 Å². The number of nitriles is 1. The summed E-state index contributed by atoms with van der Waals surface area (Å²) in [5.74, 6) is -5.66. The fourth-order valence-corrected chi connectivity index (χ4v) is 6.62. The highest BCUT2D eigenvalue weighted by atomic mass is 19.2. The molecule has 1 unspecified atom stereocenters. The van der Waals surface area contributed by atoms with Gasteiger partial charge >= 0.3 is 0 Å². The Morgan fingerprint density at radius 2 is 1.45 bits per heavy atom. The molecule has 1 atom stereocenters. The molecular formula is C33H31F6N. The molecule has 0 bridgehead atoms. The average Bonchev–Trinajstić information content (AvgIpc) is 2.95. The van der Waals surface area contributed by atoms with Crippen molar-refractivity contribution < 1.29 is 26.3 Å². The van der Waals surface area contributed by atoms with Crippen LogP contribution in [0.3, 0.4) is 0 Å². The predicted molar refractivity (Wildman–Crippen MR) is 141 cm³/mol. The third-order valence-electron chi connectivity index (χ3n) is 8.99. The molecule has 0 N–H and O–H groups in total. The summed E-state index contributed by atoms with van der Waals surface area (Å²) < 4.78 is 89.0. The highest BCUT2D eigenvalue weighted by Gasteiger charge is 2.35. The van der Waals surface area contributed by atoms with Crippen molar-refractivity contribution in [3.05, 3.63) is 104 Å². The molecule has 1 saturated carbocycles. The summed E-state index contributed by atoms with van der Waals surface area (Å²) in [6.45, 7) is 1.96. The summed E-state index contributed by atoms with van der Waals surface area (Å²) in [4.78, 5) is 0. The van der Waals surface area contributed by atoms with Gasteiger partial charge in [0, 0.05) is 5.56 Å². The van der Waals surface area contributed by atoms with Crippen molar-refractivity contribution in [3.63, 3.8) is 0 Å². The van der Waals surface area contributed by atoms with Gasteiger partial charge in [0.25, 0.3) is 0 Å². The van der Waals surface area contributed by atoms with Gasteiger partial charge in [-0.2, -0.15) is 5.26 Å². The van der Waals surface area contributed by atoms with Crippen molar-refractivity contribution >= 4 is 0 Å². The van der Waals surface area contributed by atoms with Crippen LogP contribution in [-0.4, -0.2) is 0 Å². The molecule has 3 aromatic rings. The van der Waals surface area contributed by atoms with Gasteiger partial charge in [-0.05, 0) is 128 Å². The van der Waals surface area contributed by atoms with Crippen LogP contribution in [-0.2, 0) is 25.7 Å². The third-order valence-corrected chi connectivity index (χ3v) is 8.99. The minimum atomic E-state index is -1.14. The van der Waals surface area contributed by atoms with Gasteiger partial charge in [-0.25, -0.2) is 26.3 Å². The summed E-state index contributed by atoms with van der Waals surface area (Å²) in [6.07, 6.45) is 4.54. The van der Waals surface area contributed by atoms with E-state index in [1.807, 2.05) is 13.0 Å². The van der Waals surface area contributed by atoms with Gasteiger partial charge < -0.3 is 0 Å². The summed E-state index contributed by atoms with van der Waals surface area (Å²) in [5, 5.41) is 8.89. The molecular weight excluding hydrogens is 524 g/mol. The first kappa shape index (κ1) is 28.3. The molecule has 2 aliphatic rings. The van der Waals surface area contributed by atoms with Gasteiger partial charge in [-0.3, -0.25) is 0 Å². The molecule has 7 heteroatoms. The molecule has 3 aromatic carbocycles. The molecule has 0 aromatic heterocycles. The van der Waals surface area contributed by atoms with Gasteiger partial charge in [-0.1, -0.05) is 19.1 Å². The number of halogens is 6. The van der Waals surface area contributed by atoms with E-state index >= 15 is 13.2 Å². The zero-order valence-electron chi connectivity index (χ0n) is 22.4. The van der Waals surface area contributed by atoms with Crippen LogP contribution in [0.4, 0.5) is 26.3 Å². The first-order valence-electron chi connectivity index (χ1n) is 14.1. The first-order chi connectivity index (χ1) is 19.2. The Morgan fingerprint density at radius 3 is 2.08 bits per heavy atom. The number of hydrogen-bond acceptors (Lipinski definition) is 1.